The molecule has 9 nitrogen and oxygen atoms in total. The highest BCUT2D eigenvalue weighted by Crippen LogP contribution is 2.40. The van der Waals surface area contributed by atoms with Gasteiger partial charge in [0, 0.05) is 23.6 Å². The van der Waals surface area contributed by atoms with E-state index in [1.54, 1.807) is 0 Å². The van der Waals surface area contributed by atoms with Gasteiger partial charge >= 0.3 is 6.09 Å². The molecule has 1 aliphatic rings. The van der Waals surface area contributed by atoms with E-state index in [9.17, 15) is 30.8 Å². The minimum Gasteiger partial charge on any atom is -0.439 e. The van der Waals surface area contributed by atoms with E-state index in [-0.39, 0.29) is 56.2 Å². The third-order valence-electron chi connectivity index (χ3n) is 7.47. The van der Waals surface area contributed by atoms with E-state index >= 15 is 0 Å². The monoisotopic (exact) mass is 677 g/mol. The summed E-state index contributed by atoms with van der Waals surface area (Å²) in [7, 11) is -3.57. The topological polar surface area (TPSA) is 143 Å². The number of sulfone groups is 1. The van der Waals surface area contributed by atoms with Crippen molar-refractivity contribution in [1.82, 2.24) is 14.8 Å². The van der Waals surface area contributed by atoms with Crippen LogP contribution in [0, 0.1) is 23.5 Å². The number of rotatable bonds is 9. The molecule has 1 fully saturated rings. The molecule has 46 heavy (non-hydrogen) atoms. The first-order valence-corrected chi connectivity index (χ1v) is 15.9. The first-order chi connectivity index (χ1) is 21.6. The van der Waals surface area contributed by atoms with Gasteiger partial charge < -0.3 is 16.2 Å². The summed E-state index contributed by atoms with van der Waals surface area (Å²) in [6.45, 7) is 2.14. The Balaban J connectivity index is 1.74. The Hall–Kier alpha value is -4.35. The van der Waals surface area contributed by atoms with Crippen LogP contribution in [0.4, 0.5) is 28.2 Å². The first kappa shape index (κ1) is 33.0. The van der Waals surface area contributed by atoms with Gasteiger partial charge in [-0.25, -0.2) is 35.8 Å². The van der Waals surface area contributed by atoms with Crippen LogP contribution in [0.3, 0.4) is 0 Å². The second kappa shape index (κ2) is 12.4. The van der Waals surface area contributed by atoms with Gasteiger partial charge in [0.15, 0.2) is 21.8 Å². The van der Waals surface area contributed by atoms with Crippen molar-refractivity contribution in [1.29, 1.82) is 0 Å². The van der Waals surface area contributed by atoms with Crippen molar-refractivity contribution >= 4 is 44.3 Å². The zero-order valence-corrected chi connectivity index (χ0v) is 26.1. The highest BCUT2D eigenvalue weighted by atomic mass is 35.5. The van der Waals surface area contributed by atoms with Crippen LogP contribution in [0.2, 0.25) is 5.02 Å². The number of alkyl halides is 2. The van der Waals surface area contributed by atoms with Gasteiger partial charge in [0.1, 0.15) is 28.6 Å². The fraction of sp³-hybridized carbons (Fsp3) is 0.323. The summed E-state index contributed by atoms with van der Waals surface area (Å²) in [4.78, 5) is 16.7. The molecule has 1 unspecified atom stereocenters. The Morgan fingerprint density at radius 3 is 2.39 bits per heavy atom. The van der Waals surface area contributed by atoms with Gasteiger partial charge in [-0.3, -0.25) is 4.68 Å². The number of nitrogen functional groups attached to an aromatic ring is 1. The second-order valence-corrected chi connectivity index (χ2v) is 14.5. The third-order valence-corrected chi connectivity index (χ3v) is 10.7. The molecule has 0 bridgehead atoms. The smallest absolute Gasteiger partial charge is 0.405 e. The molecule has 1 atom stereocenters. The van der Waals surface area contributed by atoms with Crippen LogP contribution in [0.5, 0.6) is 0 Å². The molecule has 1 saturated carbocycles. The van der Waals surface area contributed by atoms with E-state index in [4.69, 9.17) is 27.8 Å². The largest absolute Gasteiger partial charge is 0.439 e. The maximum absolute atomic E-state index is 14.1. The zero-order chi connectivity index (χ0) is 33.6. The molecule has 2 aromatic carbocycles. The molecule has 242 valence electrons. The van der Waals surface area contributed by atoms with Gasteiger partial charge in [0.05, 0.1) is 26.9 Å². The van der Waals surface area contributed by atoms with E-state index in [2.05, 4.69) is 21.9 Å². The van der Waals surface area contributed by atoms with Crippen molar-refractivity contribution in [3.05, 3.63) is 76.1 Å². The van der Waals surface area contributed by atoms with Gasteiger partial charge in [-0.1, -0.05) is 23.6 Å². The molecule has 1 amide bonds. The lowest BCUT2D eigenvalue weighted by atomic mass is 9.95. The number of amides is 1. The summed E-state index contributed by atoms with van der Waals surface area (Å²) in [5.74, 6) is 3.68. The number of carbonyl (C=O) groups is 1. The molecular weight excluding hydrogens is 650 g/mol. The van der Waals surface area contributed by atoms with Crippen molar-refractivity contribution in [3.8, 4) is 23.0 Å². The van der Waals surface area contributed by atoms with Gasteiger partial charge in [0.25, 0.3) is 6.43 Å². The number of ether oxygens (including phenoxy) is 1. The van der Waals surface area contributed by atoms with Crippen LogP contribution in [-0.4, -0.2) is 45.7 Å². The number of pyridine rings is 1. The average Bonchev–Trinajstić information content (AvgIpc) is 3.76. The number of nitrogens with zero attached hydrogens (tertiary/aromatic N) is 3. The summed E-state index contributed by atoms with van der Waals surface area (Å²) in [5.41, 5.74) is 12.2. The molecule has 2 heterocycles. The summed E-state index contributed by atoms with van der Waals surface area (Å²) < 4.78 is 86.3. The first-order valence-electron chi connectivity index (χ1n) is 14.0. The SMILES string of the molecule is CC(C)(C#Cc1ccc(-c2ccc(Cl)c3c(N)nn(CC(F)F)c23)c(C(Cc2cc(F)cc(F)c2)OC(N)=O)n1)S(=O)(=O)C1CC1. The Morgan fingerprint density at radius 2 is 1.78 bits per heavy atom. The van der Waals surface area contributed by atoms with Gasteiger partial charge in [-0.2, -0.15) is 5.10 Å². The van der Waals surface area contributed by atoms with E-state index in [1.807, 2.05) is 0 Å². The fourth-order valence-electron chi connectivity index (χ4n) is 5.16. The number of carbonyl (C=O) groups excluding carboxylic acids is 1. The van der Waals surface area contributed by atoms with E-state index in [0.717, 1.165) is 16.8 Å². The van der Waals surface area contributed by atoms with Crippen LogP contribution in [-0.2, 0) is 27.5 Å². The average molecular weight is 678 g/mol. The van der Waals surface area contributed by atoms with E-state index in [1.165, 1.54) is 38.1 Å². The number of nitrogens with two attached hydrogens (primary N) is 2. The molecule has 5 rings (SSSR count). The predicted octanol–water partition coefficient (Wildman–Crippen LogP) is 5.96. The van der Waals surface area contributed by atoms with Crippen LogP contribution < -0.4 is 11.5 Å². The quantitative estimate of drug-likeness (QED) is 0.164. The standard InChI is InChI=1S/C31H28ClF4N5O4S/c1-31(2,46(43,44)20-4-5-20)10-9-19-3-6-21(22-7-8-23(32)26-28(22)41(15-25(35)36)40-29(26)37)27(39-19)24(45-30(38)42)13-16-11-17(33)14-18(34)12-16/h3,6-8,11-12,14,20,24-25H,4-5,13,15H2,1-2H3,(H2,37,40)(H2,38,42). The molecule has 0 spiro atoms. The van der Waals surface area contributed by atoms with Crippen LogP contribution in [0.1, 0.15) is 49.7 Å². The highest BCUT2D eigenvalue weighted by molar-refractivity contribution is 7.93. The minimum absolute atomic E-state index is 0.0230. The second-order valence-electron chi connectivity index (χ2n) is 11.3. The number of primary amides is 1. The molecule has 15 heteroatoms. The third kappa shape index (κ3) is 6.75. The van der Waals surface area contributed by atoms with Gasteiger partial charge in [-0.05, 0) is 68.5 Å². The molecular formula is C31H28ClF4N5O4S. The molecule has 0 radical (unpaired) electrons. The van der Waals surface area contributed by atoms with Crippen molar-refractivity contribution < 1.29 is 35.5 Å². The minimum atomic E-state index is -3.57. The van der Waals surface area contributed by atoms with Crippen LogP contribution >= 0.6 is 11.6 Å². The van der Waals surface area contributed by atoms with Crippen LogP contribution in [0.15, 0.2) is 42.5 Å². The summed E-state index contributed by atoms with van der Waals surface area (Å²) >= 11 is 6.39. The summed E-state index contributed by atoms with van der Waals surface area (Å²) in [6.07, 6.45) is -4.64. The molecule has 0 aliphatic heterocycles. The molecule has 0 saturated heterocycles. The Kier molecular flexibility index (Phi) is 8.94. The number of aromatic nitrogens is 3. The normalized spacial score (nSPS) is 14.3. The van der Waals surface area contributed by atoms with Gasteiger partial charge in [-0.15, -0.1) is 0 Å². The van der Waals surface area contributed by atoms with Crippen molar-refractivity contribution in [2.45, 2.75) is 62.2 Å². The fourth-order valence-corrected chi connectivity index (χ4v) is 7.20. The number of anilines is 1. The van der Waals surface area contributed by atoms with E-state index < -0.39 is 56.6 Å². The summed E-state index contributed by atoms with van der Waals surface area (Å²) in [5, 5.41) is 3.89. The van der Waals surface area contributed by atoms with Crippen molar-refractivity contribution in [2.24, 2.45) is 5.73 Å². The summed E-state index contributed by atoms with van der Waals surface area (Å²) in [6, 6.07) is 8.70. The zero-order valence-electron chi connectivity index (χ0n) is 24.5. The molecule has 4 N–H and O–H groups in total. The lowest BCUT2D eigenvalue weighted by Gasteiger charge is -2.21. The van der Waals surface area contributed by atoms with Crippen molar-refractivity contribution in [3.63, 3.8) is 0 Å². The number of halogens is 5. The Morgan fingerprint density at radius 1 is 1.13 bits per heavy atom. The number of hydrogen-bond donors (Lipinski definition) is 2. The lowest BCUT2D eigenvalue weighted by Crippen LogP contribution is -2.33. The Labute approximate surface area is 266 Å². The number of fused-ring (bicyclic) bond motifs is 1. The van der Waals surface area contributed by atoms with E-state index in [0.29, 0.717) is 18.9 Å². The number of benzene rings is 2. The van der Waals surface area contributed by atoms with Gasteiger partial charge in [0.2, 0.25) is 0 Å². The number of hydrogen-bond acceptors (Lipinski definition) is 7. The van der Waals surface area contributed by atoms with Crippen molar-refractivity contribution in [2.75, 3.05) is 5.73 Å². The predicted molar refractivity (Wildman–Crippen MR) is 165 cm³/mol. The molecule has 2 aromatic heterocycles. The maximum atomic E-state index is 14.1. The molecule has 1 aliphatic carbocycles. The lowest BCUT2D eigenvalue weighted by molar-refractivity contribution is 0.104. The molecule has 4 aromatic rings. The maximum Gasteiger partial charge on any atom is 0.405 e. The van der Waals surface area contributed by atoms with Crippen LogP contribution in [0.25, 0.3) is 22.0 Å². The Bertz CT molecular complexity index is 2000. The highest BCUT2D eigenvalue weighted by Gasteiger charge is 2.45.